The van der Waals surface area contributed by atoms with Crippen LogP contribution in [0.15, 0.2) is 47.5 Å². The molecule has 1 aromatic carbocycles. The Morgan fingerprint density at radius 2 is 1.96 bits per heavy atom. The Morgan fingerprint density at radius 3 is 2.65 bits per heavy atom. The molecular weight excluding hydrogens is 359 g/mol. The van der Waals surface area contributed by atoms with Gasteiger partial charge in [0.05, 0.1) is 15.8 Å². The van der Waals surface area contributed by atoms with Gasteiger partial charge in [0.1, 0.15) is 5.82 Å². The van der Waals surface area contributed by atoms with Gasteiger partial charge in [0.15, 0.2) is 6.61 Å². The molecule has 0 fully saturated rings. The highest BCUT2D eigenvalue weighted by Crippen LogP contribution is 2.26. The van der Waals surface area contributed by atoms with E-state index in [-0.39, 0.29) is 12.4 Å². The third-order valence-electron chi connectivity index (χ3n) is 2.54. The van der Waals surface area contributed by atoms with E-state index >= 15 is 0 Å². The average Bonchev–Trinajstić information content (AvgIpc) is 2.54. The second kappa shape index (κ2) is 8.76. The molecule has 0 aliphatic heterocycles. The number of amides is 1. The number of esters is 1. The Morgan fingerprint density at radius 1 is 1.17 bits per heavy atom. The fourth-order valence-electron chi connectivity index (χ4n) is 1.51. The molecule has 0 aliphatic rings. The minimum atomic E-state index is -0.505. The number of carbonyl (C=O) groups excluding carboxylic acids is 2. The topological polar surface area (TPSA) is 68.3 Å². The maximum Gasteiger partial charge on any atom is 0.316 e. The summed E-state index contributed by atoms with van der Waals surface area (Å²) in [4.78, 5) is 28.0. The quantitative estimate of drug-likeness (QED) is 0.620. The Kier molecular flexibility index (Phi) is 6.70. The third kappa shape index (κ3) is 6.09. The van der Waals surface area contributed by atoms with Crippen molar-refractivity contribution in [3.05, 3.63) is 52.6 Å². The van der Waals surface area contributed by atoms with Crippen molar-refractivity contribution in [2.45, 2.75) is 4.90 Å². The van der Waals surface area contributed by atoms with E-state index in [1.54, 1.807) is 30.3 Å². The van der Waals surface area contributed by atoms with Crippen LogP contribution in [0.4, 0.5) is 5.82 Å². The molecule has 0 radical (unpaired) electrons. The van der Waals surface area contributed by atoms with Gasteiger partial charge < -0.3 is 10.1 Å². The van der Waals surface area contributed by atoms with Crippen LogP contribution in [-0.4, -0.2) is 29.2 Å². The molecule has 0 aliphatic carbocycles. The number of aromatic nitrogens is 1. The zero-order chi connectivity index (χ0) is 16.7. The SMILES string of the molecule is O=C(COC(=O)CSc1ccccc1Cl)Nc1ccc(Cl)cn1. The van der Waals surface area contributed by atoms with Gasteiger partial charge in [-0.15, -0.1) is 11.8 Å². The van der Waals surface area contributed by atoms with Crippen LogP contribution in [0, 0.1) is 0 Å². The summed E-state index contributed by atoms with van der Waals surface area (Å²) in [5.41, 5.74) is 0. The summed E-state index contributed by atoms with van der Waals surface area (Å²) in [5, 5.41) is 3.52. The van der Waals surface area contributed by atoms with Crippen LogP contribution in [0.2, 0.25) is 10.0 Å². The summed E-state index contributed by atoms with van der Waals surface area (Å²) in [7, 11) is 0. The van der Waals surface area contributed by atoms with Crippen molar-refractivity contribution in [3.63, 3.8) is 0 Å². The molecule has 23 heavy (non-hydrogen) atoms. The number of carbonyl (C=O) groups is 2. The first-order chi connectivity index (χ1) is 11.0. The molecule has 1 N–H and O–H groups in total. The number of hydrogen-bond acceptors (Lipinski definition) is 5. The number of anilines is 1. The van der Waals surface area contributed by atoms with E-state index in [0.717, 1.165) is 4.90 Å². The number of rotatable bonds is 6. The molecule has 0 bridgehead atoms. The molecule has 0 unspecified atom stereocenters. The largest absolute Gasteiger partial charge is 0.455 e. The first-order valence-corrected chi connectivity index (χ1v) is 8.23. The predicted octanol–water partition coefficient (Wildman–Crippen LogP) is 3.66. The monoisotopic (exact) mass is 370 g/mol. The fourth-order valence-corrected chi connectivity index (χ4v) is 2.66. The van der Waals surface area contributed by atoms with Gasteiger partial charge in [-0.1, -0.05) is 35.3 Å². The van der Waals surface area contributed by atoms with E-state index in [4.69, 9.17) is 27.9 Å². The zero-order valence-electron chi connectivity index (χ0n) is 11.8. The van der Waals surface area contributed by atoms with Crippen LogP contribution in [0.3, 0.4) is 0 Å². The Balaban J connectivity index is 1.72. The van der Waals surface area contributed by atoms with Gasteiger partial charge in [0.25, 0.3) is 5.91 Å². The van der Waals surface area contributed by atoms with Crippen molar-refractivity contribution in [1.29, 1.82) is 0 Å². The molecule has 0 saturated carbocycles. The highest BCUT2D eigenvalue weighted by atomic mass is 35.5. The number of nitrogens with one attached hydrogen (secondary N) is 1. The summed E-state index contributed by atoms with van der Waals surface area (Å²) >= 11 is 12.9. The third-order valence-corrected chi connectivity index (χ3v) is 4.25. The van der Waals surface area contributed by atoms with Crippen LogP contribution in [0.5, 0.6) is 0 Å². The van der Waals surface area contributed by atoms with E-state index < -0.39 is 11.9 Å². The molecule has 0 spiro atoms. The second-order valence-corrected chi connectivity index (χ2v) is 6.15. The normalized spacial score (nSPS) is 10.2. The summed E-state index contributed by atoms with van der Waals surface area (Å²) < 4.78 is 4.89. The van der Waals surface area contributed by atoms with Crippen LogP contribution >= 0.6 is 35.0 Å². The Bertz CT molecular complexity index is 695. The van der Waals surface area contributed by atoms with Crippen molar-refractivity contribution >= 4 is 52.7 Å². The van der Waals surface area contributed by atoms with Gasteiger partial charge in [-0.25, -0.2) is 4.98 Å². The highest BCUT2D eigenvalue weighted by Gasteiger charge is 2.10. The van der Waals surface area contributed by atoms with Crippen LogP contribution in [0.25, 0.3) is 0 Å². The summed E-state index contributed by atoms with van der Waals surface area (Å²) in [5.74, 6) is -0.582. The number of halogens is 2. The molecule has 1 heterocycles. The van der Waals surface area contributed by atoms with Crippen LogP contribution < -0.4 is 5.32 Å². The number of ether oxygens (including phenoxy) is 1. The lowest BCUT2D eigenvalue weighted by molar-refractivity contribution is -0.144. The number of nitrogens with zero attached hydrogens (tertiary/aromatic N) is 1. The predicted molar refractivity (Wildman–Crippen MR) is 91.0 cm³/mol. The number of pyridine rings is 1. The molecule has 5 nitrogen and oxygen atoms in total. The van der Waals surface area contributed by atoms with Gasteiger partial charge in [-0.2, -0.15) is 0 Å². The molecule has 1 amide bonds. The van der Waals surface area contributed by atoms with Gasteiger partial charge in [0.2, 0.25) is 0 Å². The minimum Gasteiger partial charge on any atom is -0.455 e. The number of hydrogen-bond donors (Lipinski definition) is 1. The molecular formula is C15H12Cl2N2O3S. The van der Waals surface area contributed by atoms with Crippen molar-refractivity contribution in [2.75, 3.05) is 17.7 Å². The lowest BCUT2D eigenvalue weighted by atomic mass is 10.4. The first-order valence-electron chi connectivity index (χ1n) is 6.49. The lowest BCUT2D eigenvalue weighted by Gasteiger charge is -2.06. The molecule has 120 valence electrons. The minimum absolute atomic E-state index is 0.0657. The van der Waals surface area contributed by atoms with Crippen molar-refractivity contribution in [2.24, 2.45) is 0 Å². The van der Waals surface area contributed by atoms with Crippen molar-refractivity contribution in [1.82, 2.24) is 4.98 Å². The number of benzene rings is 1. The maximum absolute atomic E-state index is 11.6. The summed E-state index contributed by atoms with van der Waals surface area (Å²) in [6, 6.07) is 10.3. The van der Waals surface area contributed by atoms with E-state index in [9.17, 15) is 9.59 Å². The molecule has 0 atom stereocenters. The average molecular weight is 371 g/mol. The standard InChI is InChI=1S/C15H12Cl2N2O3S/c16-10-5-6-13(18-7-10)19-14(20)8-22-15(21)9-23-12-4-2-1-3-11(12)17/h1-7H,8-9H2,(H,18,19,20). The molecule has 2 aromatic rings. The van der Waals surface area contributed by atoms with E-state index in [2.05, 4.69) is 10.3 Å². The van der Waals surface area contributed by atoms with Crippen molar-refractivity contribution < 1.29 is 14.3 Å². The zero-order valence-corrected chi connectivity index (χ0v) is 14.1. The van der Waals surface area contributed by atoms with Gasteiger partial charge in [-0.05, 0) is 24.3 Å². The van der Waals surface area contributed by atoms with Gasteiger partial charge >= 0.3 is 5.97 Å². The first kappa shape index (κ1) is 17.6. The van der Waals surface area contributed by atoms with E-state index in [1.807, 2.05) is 6.07 Å². The molecule has 1 aromatic heterocycles. The van der Waals surface area contributed by atoms with E-state index in [1.165, 1.54) is 18.0 Å². The molecule has 0 saturated heterocycles. The summed E-state index contributed by atoms with van der Waals surface area (Å²) in [6.45, 7) is -0.383. The lowest BCUT2D eigenvalue weighted by Crippen LogP contribution is -2.22. The fraction of sp³-hybridized carbons (Fsp3) is 0.133. The van der Waals surface area contributed by atoms with Crippen LogP contribution in [-0.2, 0) is 14.3 Å². The smallest absolute Gasteiger partial charge is 0.316 e. The van der Waals surface area contributed by atoms with E-state index in [0.29, 0.717) is 15.9 Å². The maximum atomic E-state index is 11.6. The van der Waals surface area contributed by atoms with Crippen LogP contribution in [0.1, 0.15) is 0 Å². The Labute approximate surface area is 147 Å². The number of thioether (sulfide) groups is 1. The molecule has 2 rings (SSSR count). The highest BCUT2D eigenvalue weighted by molar-refractivity contribution is 8.00. The second-order valence-electron chi connectivity index (χ2n) is 4.29. The van der Waals surface area contributed by atoms with Gasteiger partial charge in [-0.3, -0.25) is 9.59 Å². The van der Waals surface area contributed by atoms with Gasteiger partial charge in [0, 0.05) is 11.1 Å². The van der Waals surface area contributed by atoms with Crippen molar-refractivity contribution in [3.8, 4) is 0 Å². The molecule has 8 heteroatoms. The summed E-state index contributed by atoms with van der Waals surface area (Å²) in [6.07, 6.45) is 1.41. The Hall–Kier alpha value is -1.76.